The zero-order valence-corrected chi connectivity index (χ0v) is 4.95. The molecule has 0 aromatic carbocycles. The van der Waals surface area contributed by atoms with Crippen LogP contribution in [-0.2, 0) is 0 Å². The highest BCUT2D eigenvalue weighted by Gasteiger charge is 1.87. The average Bonchev–Trinajstić information content (AvgIpc) is 1.69. The number of hydrogen-bond donors (Lipinski definition) is 0. The zero-order valence-electron chi connectivity index (χ0n) is 4.95. The predicted molar refractivity (Wildman–Crippen MR) is 34.2 cm³/mol. The molecule has 0 fully saturated rings. The zero-order chi connectivity index (χ0) is 6.57. The van der Waals surface area contributed by atoms with Gasteiger partial charge in [0.05, 0.1) is 6.33 Å². The van der Waals surface area contributed by atoms with Crippen LogP contribution in [0.3, 0.4) is 0 Å². The molecule has 0 heterocycles. The van der Waals surface area contributed by atoms with Crippen LogP contribution in [-0.4, -0.2) is 0 Å². The highest BCUT2D eigenvalue weighted by atomic mass is 19.1. The molecule has 0 saturated carbocycles. The van der Waals surface area contributed by atoms with Crippen molar-refractivity contribution in [3.8, 4) is 0 Å². The number of halogens is 1. The normalized spacial score (nSPS) is 11.0. The van der Waals surface area contributed by atoms with Crippen molar-refractivity contribution in [2.24, 2.45) is 0 Å². The fraction of sp³-hybridized carbons (Fsp3) is 0.143. The summed E-state index contributed by atoms with van der Waals surface area (Å²) in [6, 6.07) is 0. The lowest BCUT2D eigenvalue weighted by atomic mass is 10.2. The second kappa shape index (κ2) is 3.19. The van der Waals surface area contributed by atoms with Gasteiger partial charge in [0, 0.05) is 5.57 Å². The summed E-state index contributed by atoms with van der Waals surface area (Å²) in [5.74, 6) is 0. The lowest BCUT2D eigenvalue weighted by Gasteiger charge is -1.92. The second-order valence-electron chi connectivity index (χ2n) is 1.55. The van der Waals surface area contributed by atoms with Crippen molar-refractivity contribution in [3.05, 3.63) is 36.7 Å². The van der Waals surface area contributed by atoms with Crippen molar-refractivity contribution >= 4 is 0 Å². The third kappa shape index (κ3) is 1.73. The van der Waals surface area contributed by atoms with E-state index in [9.17, 15) is 4.39 Å². The Morgan fingerprint density at radius 1 is 1.62 bits per heavy atom. The standard InChI is InChI=1S/C7H9F/c1-4-7(5-8)6(2)3/h4-5H,1-2H2,3H3. The monoisotopic (exact) mass is 112 g/mol. The van der Waals surface area contributed by atoms with Gasteiger partial charge in [-0.1, -0.05) is 19.2 Å². The quantitative estimate of drug-likeness (QED) is 0.481. The number of hydrogen-bond acceptors (Lipinski definition) is 0. The van der Waals surface area contributed by atoms with Crippen LogP contribution in [0.4, 0.5) is 4.39 Å². The minimum Gasteiger partial charge on any atom is -0.215 e. The van der Waals surface area contributed by atoms with Crippen LogP contribution in [0.1, 0.15) is 6.92 Å². The van der Waals surface area contributed by atoms with Gasteiger partial charge < -0.3 is 0 Å². The van der Waals surface area contributed by atoms with E-state index in [0.717, 1.165) is 0 Å². The molecule has 44 valence electrons. The molecule has 0 aliphatic heterocycles. The van der Waals surface area contributed by atoms with Crippen LogP contribution in [0.15, 0.2) is 36.7 Å². The van der Waals surface area contributed by atoms with E-state index in [-0.39, 0.29) is 0 Å². The maximum Gasteiger partial charge on any atom is 0.0941 e. The average molecular weight is 112 g/mol. The maximum absolute atomic E-state index is 11.6. The van der Waals surface area contributed by atoms with Gasteiger partial charge in [-0.25, -0.2) is 4.39 Å². The summed E-state index contributed by atoms with van der Waals surface area (Å²) < 4.78 is 11.6. The van der Waals surface area contributed by atoms with Gasteiger partial charge in [0.2, 0.25) is 0 Å². The van der Waals surface area contributed by atoms with Crippen LogP contribution in [0.25, 0.3) is 0 Å². The summed E-state index contributed by atoms with van der Waals surface area (Å²) in [4.78, 5) is 0. The Bertz CT molecular complexity index is 131. The van der Waals surface area contributed by atoms with E-state index in [4.69, 9.17) is 0 Å². The molecule has 0 aromatic rings. The molecule has 0 nitrogen and oxygen atoms in total. The Hall–Kier alpha value is -0.850. The van der Waals surface area contributed by atoms with E-state index in [1.165, 1.54) is 6.08 Å². The molecular formula is C7H9F. The van der Waals surface area contributed by atoms with Gasteiger partial charge in [-0.05, 0) is 12.5 Å². The van der Waals surface area contributed by atoms with Crippen LogP contribution in [0, 0.1) is 0 Å². The first-order valence-electron chi connectivity index (χ1n) is 2.31. The molecule has 0 aliphatic carbocycles. The predicted octanol–water partition coefficient (Wildman–Crippen LogP) is 2.60. The SMILES string of the molecule is C=CC(=CF)C(=C)C. The van der Waals surface area contributed by atoms with E-state index >= 15 is 0 Å². The fourth-order valence-corrected chi connectivity index (χ4v) is 0.312. The van der Waals surface area contributed by atoms with Crippen molar-refractivity contribution in [2.45, 2.75) is 6.92 Å². The summed E-state index contributed by atoms with van der Waals surface area (Å²) in [6.07, 6.45) is 1.93. The number of allylic oxidation sites excluding steroid dienone is 3. The molecule has 0 radical (unpaired) electrons. The largest absolute Gasteiger partial charge is 0.215 e. The van der Waals surface area contributed by atoms with Crippen molar-refractivity contribution in [1.82, 2.24) is 0 Å². The molecule has 0 atom stereocenters. The Morgan fingerprint density at radius 2 is 2.12 bits per heavy atom. The molecule has 0 unspecified atom stereocenters. The Balaban J connectivity index is 4.13. The van der Waals surface area contributed by atoms with Gasteiger partial charge >= 0.3 is 0 Å². The Labute approximate surface area is 49.0 Å². The molecule has 0 aliphatic rings. The van der Waals surface area contributed by atoms with Crippen LogP contribution in [0.2, 0.25) is 0 Å². The fourth-order valence-electron chi connectivity index (χ4n) is 0.312. The van der Waals surface area contributed by atoms with Crippen molar-refractivity contribution in [1.29, 1.82) is 0 Å². The van der Waals surface area contributed by atoms with Gasteiger partial charge in [-0.2, -0.15) is 0 Å². The summed E-state index contributed by atoms with van der Waals surface area (Å²) in [5, 5.41) is 0. The van der Waals surface area contributed by atoms with Crippen molar-refractivity contribution < 1.29 is 4.39 Å². The molecule has 0 bridgehead atoms. The minimum atomic E-state index is 0.463. The van der Waals surface area contributed by atoms with E-state index in [1.54, 1.807) is 6.92 Å². The summed E-state index contributed by atoms with van der Waals surface area (Å²) >= 11 is 0. The van der Waals surface area contributed by atoms with Gasteiger partial charge in [-0.3, -0.25) is 0 Å². The van der Waals surface area contributed by atoms with Crippen molar-refractivity contribution in [3.63, 3.8) is 0 Å². The maximum atomic E-state index is 11.6. The topological polar surface area (TPSA) is 0 Å². The first-order chi connectivity index (χ1) is 3.72. The number of rotatable bonds is 2. The molecule has 8 heavy (non-hydrogen) atoms. The van der Waals surface area contributed by atoms with Crippen LogP contribution >= 0.6 is 0 Å². The smallest absolute Gasteiger partial charge is 0.0941 e. The van der Waals surface area contributed by atoms with E-state index in [1.807, 2.05) is 0 Å². The highest BCUT2D eigenvalue weighted by molar-refractivity contribution is 5.33. The molecule has 1 heteroatoms. The molecule has 0 spiro atoms. The van der Waals surface area contributed by atoms with E-state index in [0.29, 0.717) is 17.5 Å². The lowest BCUT2D eigenvalue weighted by Crippen LogP contribution is -1.73. The van der Waals surface area contributed by atoms with E-state index < -0.39 is 0 Å². The summed E-state index contributed by atoms with van der Waals surface area (Å²) in [6.45, 7) is 8.63. The molecular weight excluding hydrogens is 103 g/mol. The van der Waals surface area contributed by atoms with Crippen LogP contribution in [0.5, 0.6) is 0 Å². The third-order valence-corrected chi connectivity index (χ3v) is 0.830. The minimum absolute atomic E-state index is 0.463. The summed E-state index contributed by atoms with van der Waals surface area (Å²) in [5.41, 5.74) is 1.16. The van der Waals surface area contributed by atoms with Crippen LogP contribution < -0.4 is 0 Å². The van der Waals surface area contributed by atoms with Gasteiger partial charge in [0.1, 0.15) is 0 Å². The van der Waals surface area contributed by atoms with E-state index in [2.05, 4.69) is 13.2 Å². The third-order valence-electron chi connectivity index (χ3n) is 0.830. The molecule has 0 saturated heterocycles. The molecule has 0 N–H and O–H groups in total. The second-order valence-corrected chi connectivity index (χ2v) is 1.55. The van der Waals surface area contributed by atoms with Gasteiger partial charge in [-0.15, -0.1) is 0 Å². The first kappa shape index (κ1) is 7.15. The lowest BCUT2D eigenvalue weighted by molar-refractivity contribution is 0.714. The molecule has 0 amide bonds. The molecule has 0 rings (SSSR count). The Morgan fingerprint density at radius 3 is 2.12 bits per heavy atom. The van der Waals surface area contributed by atoms with Crippen molar-refractivity contribution in [2.75, 3.05) is 0 Å². The molecule has 0 aromatic heterocycles. The van der Waals surface area contributed by atoms with Gasteiger partial charge in [0.25, 0.3) is 0 Å². The first-order valence-corrected chi connectivity index (χ1v) is 2.31. The summed E-state index contributed by atoms with van der Waals surface area (Å²) in [7, 11) is 0. The Kier molecular flexibility index (Phi) is 2.85. The highest BCUT2D eigenvalue weighted by Crippen LogP contribution is 2.06. The van der Waals surface area contributed by atoms with Gasteiger partial charge in [0.15, 0.2) is 0 Å².